The van der Waals surface area contributed by atoms with Crippen LogP contribution in [-0.2, 0) is 6.54 Å². The number of hydrogen-bond donors (Lipinski definition) is 0. The number of benzene rings is 2. The first kappa shape index (κ1) is 19.8. The smallest absolute Gasteiger partial charge is 0.320 e. The van der Waals surface area contributed by atoms with E-state index in [2.05, 4.69) is 4.98 Å². The third-order valence-electron chi connectivity index (χ3n) is 5.90. The van der Waals surface area contributed by atoms with Gasteiger partial charge in [-0.3, -0.25) is 9.36 Å². The van der Waals surface area contributed by atoms with Gasteiger partial charge in [0.2, 0.25) is 0 Å². The number of rotatable bonds is 4. The highest BCUT2D eigenvalue weighted by atomic mass is 35.5. The van der Waals surface area contributed by atoms with E-state index in [4.69, 9.17) is 11.6 Å². The normalized spacial score (nSPS) is 14.5. The Morgan fingerprint density at radius 1 is 1.06 bits per heavy atom. The molecule has 0 unspecified atom stereocenters. The summed E-state index contributed by atoms with van der Waals surface area (Å²) in [6, 6.07) is 13.0. The van der Waals surface area contributed by atoms with Crippen molar-refractivity contribution in [2.45, 2.75) is 38.3 Å². The van der Waals surface area contributed by atoms with Gasteiger partial charge in [0, 0.05) is 11.1 Å². The minimum Gasteiger partial charge on any atom is -0.320 e. The van der Waals surface area contributed by atoms with E-state index in [-0.39, 0.29) is 17.2 Å². The first-order chi connectivity index (χ1) is 15.0. The molecule has 5 rings (SSSR count). The summed E-state index contributed by atoms with van der Waals surface area (Å²) in [5.74, 6) is -0.466. The molecule has 0 radical (unpaired) electrons. The molecule has 0 N–H and O–H groups in total. The highest BCUT2D eigenvalue weighted by Gasteiger charge is 2.26. The molecule has 1 aliphatic rings. The van der Waals surface area contributed by atoms with Gasteiger partial charge in [0.05, 0.1) is 18.6 Å². The molecule has 2 aromatic carbocycles. The van der Waals surface area contributed by atoms with Gasteiger partial charge in [-0.25, -0.2) is 18.7 Å². The van der Waals surface area contributed by atoms with Crippen LogP contribution < -0.4 is 11.2 Å². The Labute approximate surface area is 182 Å². The van der Waals surface area contributed by atoms with E-state index < -0.39 is 11.5 Å². The molecule has 158 valence electrons. The summed E-state index contributed by atoms with van der Waals surface area (Å²) in [4.78, 5) is 31.4. The van der Waals surface area contributed by atoms with Crippen molar-refractivity contribution >= 4 is 22.8 Å². The standard InChI is InChI=1S/C23H20ClFN4O2/c24-19-11-4-1-6-15(19)13-27-14-26-21-20(27)22(30)29(17-8-2-3-9-17)23(31)28(21)18-10-5-7-16(25)12-18/h1,4-7,10-12,14,17H,2-3,8-9,13H2. The van der Waals surface area contributed by atoms with Crippen LogP contribution in [0.2, 0.25) is 5.02 Å². The Morgan fingerprint density at radius 2 is 1.84 bits per heavy atom. The lowest BCUT2D eigenvalue weighted by molar-refractivity contribution is 0.474. The third kappa shape index (κ3) is 3.39. The van der Waals surface area contributed by atoms with Gasteiger partial charge in [-0.2, -0.15) is 0 Å². The predicted octanol–water partition coefficient (Wildman–Crippen LogP) is 4.30. The lowest BCUT2D eigenvalue weighted by Crippen LogP contribution is -2.41. The number of fused-ring (bicyclic) bond motifs is 1. The molecule has 8 heteroatoms. The lowest BCUT2D eigenvalue weighted by Gasteiger charge is -2.17. The fourth-order valence-electron chi connectivity index (χ4n) is 4.42. The fraction of sp³-hybridized carbons (Fsp3) is 0.261. The molecule has 31 heavy (non-hydrogen) atoms. The monoisotopic (exact) mass is 438 g/mol. The maximum absolute atomic E-state index is 14.0. The van der Waals surface area contributed by atoms with Crippen LogP contribution >= 0.6 is 11.6 Å². The number of hydrogen-bond acceptors (Lipinski definition) is 3. The summed E-state index contributed by atoms with van der Waals surface area (Å²) in [7, 11) is 0. The summed E-state index contributed by atoms with van der Waals surface area (Å²) in [6.07, 6.45) is 5.00. The Bertz CT molecular complexity index is 1400. The van der Waals surface area contributed by atoms with E-state index >= 15 is 0 Å². The zero-order valence-electron chi connectivity index (χ0n) is 16.7. The van der Waals surface area contributed by atoms with Crippen molar-refractivity contribution in [1.82, 2.24) is 18.7 Å². The molecule has 0 aliphatic heterocycles. The Kier molecular flexibility index (Phi) is 4.98. The van der Waals surface area contributed by atoms with Gasteiger partial charge >= 0.3 is 5.69 Å². The minimum atomic E-state index is -0.488. The second-order valence-corrected chi connectivity index (χ2v) is 8.25. The second-order valence-electron chi connectivity index (χ2n) is 7.85. The molecule has 1 aliphatic carbocycles. The average molecular weight is 439 g/mol. The second kappa shape index (κ2) is 7.81. The lowest BCUT2D eigenvalue weighted by atomic mass is 10.2. The first-order valence-electron chi connectivity index (χ1n) is 10.3. The van der Waals surface area contributed by atoms with Crippen molar-refractivity contribution in [2.24, 2.45) is 0 Å². The van der Waals surface area contributed by atoms with Crippen LogP contribution in [0.5, 0.6) is 0 Å². The summed E-state index contributed by atoms with van der Waals surface area (Å²) in [5, 5.41) is 0.582. The Morgan fingerprint density at radius 3 is 2.58 bits per heavy atom. The van der Waals surface area contributed by atoms with Crippen LogP contribution in [-0.4, -0.2) is 18.7 Å². The van der Waals surface area contributed by atoms with Gasteiger partial charge in [0.15, 0.2) is 11.2 Å². The van der Waals surface area contributed by atoms with Crippen LogP contribution in [0.3, 0.4) is 0 Å². The molecular weight excluding hydrogens is 419 g/mol. The van der Waals surface area contributed by atoms with Crippen LogP contribution in [0, 0.1) is 5.82 Å². The van der Waals surface area contributed by atoms with Crippen molar-refractivity contribution in [3.05, 3.63) is 92.1 Å². The van der Waals surface area contributed by atoms with Gasteiger partial charge in [0.25, 0.3) is 5.56 Å². The van der Waals surface area contributed by atoms with Crippen molar-refractivity contribution in [2.75, 3.05) is 0 Å². The van der Waals surface area contributed by atoms with Crippen molar-refractivity contribution in [3.63, 3.8) is 0 Å². The molecule has 1 saturated carbocycles. The third-order valence-corrected chi connectivity index (χ3v) is 6.27. The van der Waals surface area contributed by atoms with Crippen LogP contribution in [0.1, 0.15) is 37.3 Å². The van der Waals surface area contributed by atoms with Gasteiger partial charge in [0.1, 0.15) is 5.82 Å². The predicted molar refractivity (Wildman–Crippen MR) is 118 cm³/mol. The molecular formula is C23H20ClFN4O2. The molecule has 4 aromatic rings. The maximum atomic E-state index is 14.0. The number of imidazole rings is 1. The quantitative estimate of drug-likeness (QED) is 0.477. The van der Waals surface area contributed by atoms with Gasteiger partial charge in [-0.1, -0.05) is 48.7 Å². The summed E-state index contributed by atoms with van der Waals surface area (Å²) >= 11 is 6.32. The highest BCUT2D eigenvalue weighted by molar-refractivity contribution is 6.31. The van der Waals surface area contributed by atoms with E-state index in [0.29, 0.717) is 22.8 Å². The molecule has 2 heterocycles. The van der Waals surface area contributed by atoms with Crippen LogP contribution in [0.15, 0.2) is 64.4 Å². The molecule has 0 bridgehead atoms. The minimum absolute atomic E-state index is 0.173. The summed E-state index contributed by atoms with van der Waals surface area (Å²) < 4.78 is 18.3. The van der Waals surface area contributed by atoms with Crippen LogP contribution in [0.25, 0.3) is 16.9 Å². The van der Waals surface area contributed by atoms with E-state index in [0.717, 1.165) is 31.2 Å². The van der Waals surface area contributed by atoms with E-state index in [1.165, 1.54) is 33.7 Å². The van der Waals surface area contributed by atoms with E-state index in [9.17, 15) is 14.0 Å². The zero-order chi connectivity index (χ0) is 21.5. The molecule has 0 spiro atoms. The summed E-state index contributed by atoms with van der Waals surface area (Å²) in [6.45, 7) is 0.331. The van der Waals surface area contributed by atoms with Crippen LogP contribution in [0.4, 0.5) is 4.39 Å². The zero-order valence-corrected chi connectivity index (χ0v) is 17.4. The SMILES string of the molecule is O=c1c2c(ncn2Cc2ccccc2Cl)n(-c2cccc(F)c2)c(=O)n1C1CCCC1. The topological polar surface area (TPSA) is 61.8 Å². The number of halogens is 2. The van der Waals surface area contributed by atoms with Crippen molar-refractivity contribution in [1.29, 1.82) is 0 Å². The Hall–Kier alpha value is -3.19. The van der Waals surface area contributed by atoms with E-state index in [1.54, 1.807) is 16.7 Å². The maximum Gasteiger partial charge on any atom is 0.337 e. The number of aromatic nitrogens is 4. The summed E-state index contributed by atoms with van der Waals surface area (Å²) in [5.41, 5.74) is 0.822. The molecule has 0 atom stereocenters. The molecule has 2 aromatic heterocycles. The van der Waals surface area contributed by atoms with E-state index in [1.807, 2.05) is 18.2 Å². The average Bonchev–Trinajstić information content (AvgIpc) is 3.41. The Balaban J connectivity index is 1.80. The fourth-order valence-corrected chi connectivity index (χ4v) is 4.61. The van der Waals surface area contributed by atoms with Crippen molar-refractivity contribution in [3.8, 4) is 5.69 Å². The molecule has 0 amide bonds. The van der Waals surface area contributed by atoms with Gasteiger partial charge in [-0.15, -0.1) is 0 Å². The molecule has 1 fully saturated rings. The molecule has 0 saturated heterocycles. The molecule has 6 nitrogen and oxygen atoms in total. The number of nitrogens with zero attached hydrogens (tertiary/aromatic N) is 4. The highest BCUT2D eigenvalue weighted by Crippen LogP contribution is 2.28. The van der Waals surface area contributed by atoms with Crippen molar-refractivity contribution < 1.29 is 4.39 Å². The first-order valence-corrected chi connectivity index (χ1v) is 10.6. The largest absolute Gasteiger partial charge is 0.337 e. The van der Waals surface area contributed by atoms with Gasteiger partial charge < -0.3 is 4.57 Å². The van der Waals surface area contributed by atoms with Gasteiger partial charge in [-0.05, 0) is 42.7 Å².